The molecule has 2 saturated heterocycles. The molecule has 0 spiro atoms. The van der Waals surface area contributed by atoms with Crippen LogP contribution in [0.5, 0.6) is 0 Å². The summed E-state index contributed by atoms with van der Waals surface area (Å²) >= 11 is 0. The number of hydrogen-bond donors (Lipinski definition) is 3. The molecule has 2 amide bonds. The van der Waals surface area contributed by atoms with Crippen LogP contribution in [-0.2, 0) is 11.0 Å². The van der Waals surface area contributed by atoms with Crippen molar-refractivity contribution in [3.8, 4) is 11.3 Å². The Labute approximate surface area is 208 Å². The molecule has 8 nitrogen and oxygen atoms in total. The number of rotatable bonds is 6. The van der Waals surface area contributed by atoms with E-state index in [1.807, 2.05) is 30.3 Å². The second-order valence-corrected chi connectivity index (χ2v) is 8.93. The molecule has 3 heterocycles. The highest BCUT2D eigenvalue weighted by Gasteiger charge is 2.52. The van der Waals surface area contributed by atoms with Crippen LogP contribution in [0.2, 0.25) is 0 Å². The summed E-state index contributed by atoms with van der Waals surface area (Å²) in [5.41, 5.74) is -0.705. The number of hydrogen-bond acceptors (Lipinski definition) is 5. The molecule has 37 heavy (non-hydrogen) atoms. The van der Waals surface area contributed by atoms with Gasteiger partial charge in [0.1, 0.15) is 17.6 Å². The van der Waals surface area contributed by atoms with Crippen LogP contribution in [0.25, 0.3) is 11.3 Å². The van der Waals surface area contributed by atoms with Gasteiger partial charge < -0.3 is 15.5 Å². The molecule has 3 unspecified atom stereocenters. The summed E-state index contributed by atoms with van der Waals surface area (Å²) in [5.74, 6) is -3.24. The normalized spacial score (nSPS) is 20.8. The largest absolute Gasteiger partial charge is 0.417 e. The number of H-pyrrole nitrogens is 1. The van der Waals surface area contributed by atoms with Gasteiger partial charge in [-0.05, 0) is 30.7 Å². The number of aromatic amines is 1. The Morgan fingerprint density at radius 1 is 1.08 bits per heavy atom. The molecule has 2 fully saturated rings. The van der Waals surface area contributed by atoms with Gasteiger partial charge in [-0.25, -0.2) is 4.39 Å². The number of alkyl halides is 3. The van der Waals surface area contributed by atoms with Gasteiger partial charge in [-0.15, -0.1) is 0 Å². The van der Waals surface area contributed by atoms with Crippen molar-refractivity contribution in [2.45, 2.75) is 30.7 Å². The van der Waals surface area contributed by atoms with Crippen molar-refractivity contribution in [3.63, 3.8) is 0 Å². The van der Waals surface area contributed by atoms with Crippen molar-refractivity contribution in [2.24, 2.45) is 0 Å². The minimum Gasteiger partial charge on any atom is -0.344 e. The first-order valence-corrected chi connectivity index (χ1v) is 11.5. The molecule has 0 aliphatic carbocycles. The zero-order chi connectivity index (χ0) is 26.3. The van der Waals surface area contributed by atoms with E-state index < -0.39 is 65.4 Å². The third-order valence-electron chi connectivity index (χ3n) is 6.61. The summed E-state index contributed by atoms with van der Waals surface area (Å²) in [4.78, 5) is 40.1. The van der Waals surface area contributed by atoms with E-state index in [1.54, 1.807) is 0 Å². The lowest BCUT2D eigenvalue weighted by atomic mass is 10.0. The van der Waals surface area contributed by atoms with Gasteiger partial charge in [0.05, 0.1) is 23.4 Å². The fourth-order valence-corrected chi connectivity index (χ4v) is 4.93. The number of piperazine rings is 1. The minimum atomic E-state index is -4.88. The molecule has 0 saturated carbocycles. The second-order valence-electron chi connectivity index (χ2n) is 8.93. The molecular weight excluding hydrogens is 494 g/mol. The second kappa shape index (κ2) is 9.43. The monoisotopic (exact) mass is 515 g/mol. The number of nitrogens with one attached hydrogen (secondary N) is 3. The van der Waals surface area contributed by atoms with Crippen LogP contribution in [0.4, 0.5) is 17.6 Å². The molecule has 3 aromatic rings. The first kappa shape index (κ1) is 24.6. The zero-order valence-electron chi connectivity index (χ0n) is 19.2. The molecular formula is C25H21F4N5O3. The quantitative estimate of drug-likeness (QED) is 0.438. The summed E-state index contributed by atoms with van der Waals surface area (Å²) in [6.45, 7) is -0.174. The first-order valence-electron chi connectivity index (χ1n) is 11.5. The number of carbonyl (C=O) groups is 3. The van der Waals surface area contributed by atoms with E-state index >= 15 is 0 Å². The van der Waals surface area contributed by atoms with Crippen molar-refractivity contribution in [1.82, 2.24) is 25.7 Å². The number of benzene rings is 2. The maximum atomic E-state index is 13.8. The summed E-state index contributed by atoms with van der Waals surface area (Å²) in [6, 6.07) is 10.2. The maximum Gasteiger partial charge on any atom is 0.417 e. The van der Waals surface area contributed by atoms with E-state index in [4.69, 9.17) is 0 Å². The van der Waals surface area contributed by atoms with E-state index in [0.29, 0.717) is 36.9 Å². The Morgan fingerprint density at radius 2 is 1.84 bits per heavy atom. The molecule has 2 bridgehead atoms. The van der Waals surface area contributed by atoms with Crippen LogP contribution in [0.15, 0.2) is 54.6 Å². The number of aromatic nitrogens is 2. The number of likely N-dealkylation sites (tertiary alicyclic amines) is 1. The van der Waals surface area contributed by atoms with Crippen LogP contribution in [0.3, 0.4) is 0 Å². The van der Waals surface area contributed by atoms with Gasteiger partial charge in [-0.2, -0.15) is 18.3 Å². The highest BCUT2D eigenvalue weighted by Crippen LogP contribution is 2.36. The number of Topliss-reactive ketones (excluding diaryl/α,β-unsaturated/α-hetero) is 1. The Hall–Kier alpha value is -4.06. The molecule has 2 aliphatic rings. The van der Waals surface area contributed by atoms with Crippen molar-refractivity contribution in [2.75, 3.05) is 13.1 Å². The summed E-state index contributed by atoms with van der Waals surface area (Å²) in [6.07, 6.45) is -4.53. The predicted molar refractivity (Wildman–Crippen MR) is 123 cm³/mol. The van der Waals surface area contributed by atoms with Gasteiger partial charge in [0.15, 0.2) is 5.78 Å². The van der Waals surface area contributed by atoms with Crippen molar-refractivity contribution >= 4 is 17.6 Å². The lowest BCUT2D eigenvalue weighted by Gasteiger charge is -2.35. The number of nitrogens with zero attached hydrogens (tertiary/aromatic N) is 2. The molecule has 12 heteroatoms. The van der Waals surface area contributed by atoms with Crippen LogP contribution < -0.4 is 10.6 Å². The van der Waals surface area contributed by atoms with E-state index in [0.717, 1.165) is 10.5 Å². The molecule has 192 valence electrons. The van der Waals surface area contributed by atoms with E-state index in [1.165, 1.54) is 6.07 Å². The lowest BCUT2D eigenvalue weighted by molar-refractivity contribution is -0.138. The van der Waals surface area contributed by atoms with E-state index in [2.05, 4.69) is 20.8 Å². The highest BCUT2D eigenvalue weighted by molar-refractivity contribution is 6.02. The summed E-state index contributed by atoms with van der Waals surface area (Å²) in [7, 11) is 0. The standard InChI is InChI=1S/C25H21F4N5O3/c26-14-6-7-17(25(27,28)29)16(8-14)24(37)34-15-9-19(30-11-15)22(34)21(35)12-31-23(36)20-10-18(32-33-20)13-4-2-1-3-5-13/h1-8,10,15,19,22,30H,9,11-12H2,(H,31,36)(H,32,33). The fraction of sp³-hybridized carbons (Fsp3) is 0.280. The number of halogens is 4. The lowest BCUT2D eigenvalue weighted by Crippen LogP contribution is -2.58. The summed E-state index contributed by atoms with van der Waals surface area (Å²) in [5, 5.41) is 12.3. The number of carbonyl (C=O) groups excluding carboxylic acids is 3. The van der Waals surface area contributed by atoms with Crippen LogP contribution >= 0.6 is 0 Å². The average molecular weight is 515 g/mol. The molecule has 0 radical (unpaired) electrons. The molecule has 2 aliphatic heterocycles. The van der Waals surface area contributed by atoms with Gasteiger partial charge in [0, 0.05) is 24.2 Å². The van der Waals surface area contributed by atoms with Gasteiger partial charge in [0.2, 0.25) is 0 Å². The predicted octanol–water partition coefficient (Wildman–Crippen LogP) is 2.79. The van der Waals surface area contributed by atoms with Crippen molar-refractivity contribution in [3.05, 3.63) is 77.2 Å². The van der Waals surface area contributed by atoms with Crippen LogP contribution in [0.1, 0.15) is 32.8 Å². The molecule has 2 aromatic carbocycles. The highest BCUT2D eigenvalue weighted by atomic mass is 19.4. The molecule has 1 aromatic heterocycles. The van der Waals surface area contributed by atoms with Crippen molar-refractivity contribution in [1.29, 1.82) is 0 Å². The number of ketones is 1. The van der Waals surface area contributed by atoms with E-state index in [-0.39, 0.29) is 5.69 Å². The first-order chi connectivity index (χ1) is 17.6. The Morgan fingerprint density at radius 3 is 2.57 bits per heavy atom. The minimum absolute atomic E-state index is 0.111. The Bertz CT molecular complexity index is 1360. The molecule has 3 N–H and O–H groups in total. The number of amides is 2. The molecule has 5 rings (SSSR count). The Kier molecular flexibility index (Phi) is 6.28. The van der Waals surface area contributed by atoms with Crippen LogP contribution in [-0.4, -0.2) is 63.9 Å². The van der Waals surface area contributed by atoms with E-state index in [9.17, 15) is 31.9 Å². The third kappa shape index (κ3) is 4.71. The summed E-state index contributed by atoms with van der Waals surface area (Å²) < 4.78 is 54.4. The fourth-order valence-electron chi connectivity index (χ4n) is 4.93. The van der Waals surface area contributed by atoms with Crippen LogP contribution in [0, 0.1) is 5.82 Å². The van der Waals surface area contributed by atoms with Gasteiger partial charge in [-0.1, -0.05) is 30.3 Å². The van der Waals surface area contributed by atoms with Crippen molar-refractivity contribution < 1.29 is 31.9 Å². The average Bonchev–Trinajstić information content (AvgIpc) is 3.63. The number of fused-ring (bicyclic) bond motifs is 2. The SMILES string of the molecule is O=C(NCC(=O)C1C2CC(CN2)N1C(=O)c1cc(F)ccc1C(F)(F)F)c1cc(-c2ccccc2)n[nH]1. The third-order valence-corrected chi connectivity index (χ3v) is 6.61. The maximum absolute atomic E-state index is 13.8. The molecule has 3 atom stereocenters. The van der Waals surface area contributed by atoms with Gasteiger partial charge in [-0.3, -0.25) is 19.5 Å². The zero-order valence-corrected chi connectivity index (χ0v) is 19.2. The smallest absolute Gasteiger partial charge is 0.344 e. The topological polar surface area (TPSA) is 107 Å². The van der Waals surface area contributed by atoms with Gasteiger partial charge >= 0.3 is 6.18 Å². The van der Waals surface area contributed by atoms with Gasteiger partial charge in [0.25, 0.3) is 11.8 Å². The Balaban J connectivity index is 1.32.